The van der Waals surface area contributed by atoms with E-state index in [1.807, 2.05) is 0 Å². The van der Waals surface area contributed by atoms with Crippen LogP contribution in [0.3, 0.4) is 0 Å². The van der Waals surface area contributed by atoms with Gasteiger partial charge < -0.3 is 0 Å². The lowest BCUT2D eigenvalue weighted by molar-refractivity contribution is 0.580. The number of hydrogen-bond donors (Lipinski definition) is 0. The molecule has 0 aromatic heterocycles. The molecule has 19 heavy (non-hydrogen) atoms. The van der Waals surface area contributed by atoms with Gasteiger partial charge in [-0.25, -0.2) is 8.78 Å². The summed E-state index contributed by atoms with van der Waals surface area (Å²) in [6.45, 7) is 1.50. The first kappa shape index (κ1) is 14.8. The molecule has 0 aliphatic carbocycles. The number of hydrogen-bond acceptors (Lipinski definition) is 0. The van der Waals surface area contributed by atoms with Crippen molar-refractivity contribution in [2.24, 2.45) is 0 Å². The lowest BCUT2D eigenvalue weighted by Crippen LogP contribution is -2.00. The van der Waals surface area contributed by atoms with E-state index < -0.39 is 17.0 Å². The lowest BCUT2D eigenvalue weighted by atomic mass is 10.0. The second-order valence-electron chi connectivity index (χ2n) is 4.15. The highest BCUT2D eigenvalue weighted by Crippen LogP contribution is 2.36. The van der Waals surface area contributed by atoms with Gasteiger partial charge in [0, 0.05) is 15.1 Å². The molecule has 0 saturated heterocycles. The van der Waals surface area contributed by atoms with Crippen molar-refractivity contribution < 1.29 is 8.78 Å². The van der Waals surface area contributed by atoms with Crippen molar-refractivity contribution in [2.45, 2.75) is 12.3 Å². The average molecular weight is 366 g/mol. The van der Waals surface area contributed by atoms with Gasteiger partial charge in [0.25, 0.3) is 0 Å². The predicted octanol–water partition coefficient (Wildman–Crippen LogP) is 6.02. The minimum Gasteiger partial charge on any atom is -0.207 e. The van der Waals surface area contributed by atoms with E-state index in [1.54, 1.807) is 18.2 Å². The van der Waals surface area contributed by atoms with Gasteiger partial charge in [0.1, 0.15) is 11.6 Å². The first-order chi connectivity index (χ1) is 8.90. The zero-order chi connectivity index (χ0) is 14.2. The van der Waals surface area contributed by atoms with Crippen molar-refractivity contribution >= 4 is 39.1 Å². The molecule has 0 saturated carbocycles. The molecule has 0 aliphatic heterocycles. The number of benzene rings is 2. The van der Waals surface area contributed by atoms with Gasteiger partial charge in [-0.1, -0.05) is 33.6 Å². The highest BCUT2D eigenvalue weighted by molar-refractivity contribution is 9.10. The van der Waals surface area contributed by atoms with Crippen LogP contribution < -0.4 is 0 Å². The van der Waals surface area contributed by atoms with E-state index in [2.05, 4.69) is 15.9 Å². The van der Waals surface area contributed by atoms with Crippen LogP contribution in [0, 0.1) is 18.6 Å². The topological polar surface area (TPSA) is 0 Å². The Bertz CT molecular complexity index is 629. The second kappa shape index (κ2) is 5.78. The van der Waals surface area contributed by atoms with E-state index in [4.69, 9.17) is 23.2 Å². The van der Waals surface area contributed by atoms with Gasteiger partial charge in [-0.15, -0.1) is 11.6 Å². The molecule has 0 N–H and O–H groups in total. The molecule has 0 radical (unpaired) electrons. The molecule has 0 fully saturated rings. The number of halogens is 5. The minimum atomic E-state index is -0.790. The minimum absolute atomic E-state index is 0.104. The van der Waals surface area contributed by atoms with Gasteiger partial charge in [-0.05, 0) is 42.3 Å². The fourth-order valence-corrected chi connectivity index (χ4v) is 3.13. The van der Waals surface area contributed by atoms with Crippen molar-refractivity contribution in [1.82, 2.24) is 0 Å². The van der Waals surface area contributed by atoms with Crippen LogP contribution in [0.15, 0.2) is 34.8 Å². The quantitative estimate of drug-likeness (QED) is 0.571. The van der Waals surface area contributed by atoms with Crippen LogP contribution in [0.4, 0.5) is 8.78 Å². The highest BCUT2D eigenvalue weighted by Gasteiger charge is 2.19. The summed E-state index contributed by atoms with van der Waals surface area (Å²) >= 11 is 15.4. The second-order valence-corrected chi connectivity index (χ2v) is 5.88. The summed E-state index contributed by atoms with van der Waals surface area (Å²) in [5, 5.41) is -0.253. The monoisotopic (exact) mass is 364 g/mol. The fourth-order valence-electron chi connectivity index (χ4n) is 1.73. The van der Waals surface area contributed by atoms with E-state index in [9.17, 15) is 8.78 Å². The van der Waals surface area contributed by atoms with Gasteiger partial charge in [0.05, 0.1) is 5.38 Å². The SMILES string of the molecule is Cc1cc(F)c(C(Cl)c2ccc(Cl)cc2Br)cc1F. The van der Waals surface area contributed by atoms with Crippen LogP contribution in [0.1, 0.15) is 22.1 Å². The third-order valence-electron chi connectivity index (χ3n) is 2.79. The Balaban J connectivity index is 2.49. The first-order valence-electron chi connectivity index (χ1n) is 5.44. The van der Waals surface area contributed by atoms with Gasteiger partial charge in [0.15, 0.2) is 0 Å². The van der Waals surface area contributed by atoms with Crippen molar-refractivity contribution in [3.63, 3.8) is 0 Å². The van der Waals surface area contributed by atoms with Crippen LogP contribution >= 0.6 is 39.1 Å². The molecular weight excluding hydrogens is 357 g/mol. The smallest absolute Gasteiger partial charge is 0.128 e. The van der Waals surface area contributed by atoms with Crippen LogP contribution in [0.2, 0.25) is 5.02 Å². The normalized spacial score (nSPS) is 12.5. The van der Waals surface area contributed by atoms with E-state index in [0.29, 0.717) is 15.1 Å². The van der Waals surface area contributed by atoms with E-state index in [-0.39, 0.29) is 11.1 Å². The number of rotatable bonds is 2. The Morgan fingerprint density at radius 3 is 2.37 bits per heavy atom. The summed E-state index contributed by atoms with van der Waals surface area (Å²) in [7, 11) is 0. The van der Waals surface area contributed by atoms with Crippen molar-refractivity contribution in [3.8, 4) is 0 Å². The average Bonchev–Trinajstić information content (AvgIpc) is 2.33. The molecule has 0 amide bonds. The molecule has 100 valence electrons. The zero-order valence-corrected chi connectivity index (χ0v) is 13.0. The maximum atomic E-state index is 13.9. The van der Waals surface area contributed by atoms with Crippen molar-refractivity contribution in [3.05, 3.63) is 68.2 Å². The Kier molecular flexibility index (Phi) is 4.49. The Labute approximate surface area is 128 Å². The summed E-state index contributed by atoms with van der Waals surface area (Å²) < 4.78 is 28.1. The third-order valence-corrected chi connectivity index (χ3v) is 4.18. The fraction of sp³-hybridized carbons (Fsp3) is 0.143. The Morgan fingerprint density at radius 1 is 1.05 bits per heavy atom. The maximum absolute atomic E-state index is 13.9. The summed E-state index contributed by atoms with van der Waals surface area (Å²) in [4.78, 5) is 0. The Morgan fingerprint density at radius 2 is 1.74 bits per heavy atom. The van der Waals surface area contributed by atoms with Crippen LogP contribution in [-0.2, 0) is 0 Å². The molecule has 0 aliphatic rings. The third kappa shape index (κ3) is 3.10. The Hall–Kier alpha value is -0.640. The van der Waals surface area contributed by atoms with Gasteiger partial charge in [-0.2, -0.15) is 0 Å². The molecule has 5 heteroatoms. The molecular formula is C14H9BrCl2F2. The van der Waals surface area contributed by atoms with Crippen LogP contribution in [-0.4, -0.2) is 0 Å². The molecule has 0 spiro atoms. The molecule has 1 atom stereocenters. The zero-order valence-electron chi connectivity index (χ0n) is 9.85. The van der Waals surface area contributed by atoms with E-state index in [0.717, 1.165) is 12.1 Å². The summed E-state index contributed by atoms with van der Waals surface area (Å²) in [6, 6.07) is 7.27. The summed E-state index contributed by atoms with van der Waals surface area (Å²) in [5.41, 5.74) is 0.987. The van der Waals surface area contributed by atoms with Crippen LogP contribution in [0.25, 0.3) is 0 Å². The predicted molar refractivity (Wildman–Crippen MR) is 77.9 cm³/mol. The van der Waals surface area contributed by atoms with Gasteiger partial charge >= 0.3 is 0 Å². The molecule has 0 heterocycles. The molecule has 0 bridgehead atoms. The summed E-state index contributed by atoms with van der Waals surface area (Å²) in [5.74, 6) is -1.01. The first-order valence-corrected chi connectivity index (χ1v) is 7.05. The largest absolute Gasteiger partial charge is 0.207 e. The number of alkyl halides is 1. The molecule has 2 rings (SSSR count). The van der Waals surface area contributed by atoms with Gasteiger partial charge in [-0.3, -0.25) is 0 Å². The number of aryl methyl sites for hydroxylation is 1. The van der Waals surface area contributed by atoms with Gasteiger partial charge in [0.2, 0.25) is 0 Å². The molecule has 0 nitrogen and oxygen atoms in total. The molecule has 1 unspecified atom stereocenters. The highest BCUT2D eigenvalue weighted by atomic mass is 79.9. The molecule has 2 aromatic rings. The molecule has 2 aromatic carbocycles. The lowest BCUT2D eigenvalue weighted by Gasteiger charge is -2.14. The van der Waals surface area contributed by atoms with E-state index >= 15 is 0 Å². The maximum Gasteiger partial charge on any atom is 0.128 e. The van der Waals surface area contributed by atoms with E-state index in [1.165, 1.54) is 6.92 Å². The summed E-state index contributed by atoms with van der Waals surface area (Å²) in [6.07, 6.45) is 0. The van der Waals surface area contributed by atoms with Crippen molar-refractivity contribution in [1.29, 1.82) is 0 Å². The van der Waals surface area contributed by atoms with Crippen molar-refractivity contribution in [2.75, 3.05) is 0 Å². The van der Waals surface area contributed by atoms with Crippen LogP contribution in [0.5, 0.6) is 0 Å². The standard InChI is InChI=1S/C14H9BrCl2F2/c1-7-4-13(19)10(6-12(7)18)14(17)9-3-2-8(16)5-11(9)15/h2-6,14H,1H3.